The lowest BCUT2D eigenvalue weighted by molar-refractivity contribution is 0.417. The van der Waals surface area contributed by atoms with Crippen LogP contribution in [0, 0.1) is 6.92 Å². The summed E-state index contributed by atoms with van der Waals surface area (Å²) in [6.45, 7) is 4.73. The molecule has 0 atom stereocenters. The Kier molecular flexibility index (Phi) is 4.18. The van der Waals surface area contributed by atoms with E-state index in [0.29, 0.717) is 0 Å². The first kappa shape index (κ1) is 13.1. The standard InChI is InChI=1S/C14H18N4O/c1-4-15-13-9-14(17-10(2)16-13)18-11-7-5-6-8-12(11)19-3/h5-9H,4H2,1-3H3,(H2,15,16,17,18). The molecule has 2 aromatic rings. The molecule has 0 saturated carbocycles. The van der Waals surface area contributed by atoms with Gasteiger partial charge in [-0.1, -0.05) is 12.1 Å². The van der Waals surface area contributed by atoms with Crippen molar-refractivity contribution in [3.8, 4) is 5.75 Å². The molecule has 5 nitrogen and oxygen atoms in total. The van der Waals surface area contributed by atoms with Gasteiger partial charge >= 0.3 is 0 Å². The van der Waals surface area contributed by atoms with Crippen LogP contribution in [-0.2, 0) is 0 Å². The van der Waals surface area contributed by atoms with Gasteiger partial charge in [0, 0.05) is 12.6 Å². The number of hydrogen-bond acceptors (Lipinski definition) is 5. The second-order valence-electron chi connectivity index (χ2n) is 4.04. The summed E-state index contributed by atoms with van der Waals surface area (Å²) in [5, 5.41) is 6.43. The van der Waals surface area contributed by atoms with Crippen molar-refractivity contribution in [3.05, 3.63) is 36.2 Å². The molecular weight excluding hydrogens is 240 g/mol. The molecule has 0 amide bonds. The molecule has 1 aromatic heterocycles. The van der Waals surface area contributed by atoms with Crippen molar-refractivity contribution in [2.75, 3.05) is 24.3 Å². The maximum absolute atomic E-state index is 5.30. The highest BCUT2D eigenvalue weighted by atomic mass is 16.5. The molecule has 0 aliphatic carbocycles. The van der Waals surface area contributed by atoms with Gasteiger partial charge in [0.05, 0.1) is 12.8 Å². The molecule has 1 aromatic carbocycles. The predicted octanol–water partition coefficient (Wildman–Crippen LogP) is 2.97. The number of anilines is 3. The van der Waals surface area contributed by atoms with Crippen molar-refractivity contribution in [3.63, 3.8) is 0 Å². The second-order valence-corrected chi connectivity index (χ2v) is 4.04. The summed E-state index contributed by atoms with van der Waals surface area (Å²) in [5.74, 6) is 3.06. The van der Waals surface area contributed by atoms with E-state index in [1.165, 1.54) is 0 Å². The average Bonchev–Trinajstić information content (AvgIpc) is 2.39. The SMILES string of the molecule is CCNc1cc(Nc2ccccc2OC)nc(C)n1. The van der Waals surface area contributed by atoms with Gasteiger partial charge in [0.15, 0.2) is 0 Å². The Morgan fingerprint density at radius 1 is 1.16 bits per heavy atom. The number of nitrogens with zero attached hydrogens (tertiary/aromatic N) is 2. The third kappa shape index (κ3) is 3.34. The predicted molar refractivity (Wildman–Crippen MR) is 77.2 cm³/mol. The molecule has 0 radical (unpaired) electrons. The lowest BCUT2D eigenvalue weighted by atomic mass is 10.3. The van der Waals surface area contributed by atoms with Gasteiger partial charge in [-0.15, -0.1) is 0 Å². The first-order valence-corrected chi connectivity index (χ1v) is 6.22. The third-order valence-electron chi connectivity index (χ3n) is 2.57. The number of para-hydroxylation sites is 2. The number of aryl methyl sites for hydroxylation is 1. The Morgan fingerprint density at radius 2 is 1.89 bits per heavy atom. The molecule has 0 fully saturated rings. The normalized spacial score (nSPS) is 10.1. The van der Waals surface area contributed by atoms with E-state index in [4.69, 9.17) is 4.74 Å². The Bertz CT molecular complexity index is 557. The highest BCUT2D eigenvalue weighted by Gasteiger charge is 2.05. The molecular formula is C14H18N4O. The summed E-state index contributed by atoms with van der Waals surface area (Å²) in [6.07, 6.45) is 0. The molecule has 100 valence electrons. The van der Waals surface area contributed by atoms with Gasteiger partial charge in [-0.25, -0.2) is 9.97 Å². The zero-order valence-electron chi connectivity index (χ0n) is 11.4. The fourth-order valence-corrected chi connectivity index (χ4v) is 1.79. The topological polar surface area (TPSA) is 59.1 Å². The van der Waals surface area contributed by atoms with Crippen LogP contribution in [-0.4, -0.2) is 23.6 Å². The van der Waals surface area contributed by atoms with Crippen LogP contribution in [0.3, 0.4) is 0 Å². The summed E-state index contributed by atoms with van der Waals surface area (Å²) < 4.78 is 5.30. The quantitative estimate of drug-likeness (QED) is 0.863. The monoisotopic (exact) mass is 258 g/mol. The molecule has 2 rings (SSSR count). The van der Waals surface area contributed by atoms with Crippen molar-refractivity contribution in [1.82, 2.24) is 9.97 Å². The lowest BCUT2D eigenvalue weighted by Crippen LogP contribution is -2.04. The maximum atomic E-state index is 5.30. The smallest absolute Gasteiger partial charge is 0.142 e. The van der Waals surface area contributed by atoms with Gasteiger partial charge in [0.25, 0.3) is 0 Å². The van der Waals surface area contributed by atoms with Crippen LogP contribution in [0.4, 0.5) is 17.3 Å². The minimum atomic E-state index is 0.718. The van der Waals surface area contributed by atoms with Crippen LogP contribution in [0.5, 0.6) is 5.75 Å². The van der Waals surface area contributed by atoms with E-state index in [2.05, 4.69) is 20.6 Å². The van der Waals surface area contributed by atoms with Gasteiger partial charge in [0.2, 0.25) is 0 Å². The molecule has 0 unspecified atom stereocenters. The van der Waals surface area contributed by atoms with Gasteiger partial charge < -0.3 is 15.4 Å². The zero-order valence-corrected chi connectivity index (χ0v) is 11.4. The van der Waals surface area contributed by atoms with E-state index in [-0.39, 0.29) is 0 Å². The molecule has 19 heavy (non-hydrogen) atoms. The minimum absolute atomic E-state index is 0.718. The second kappa shape index (κ2) is 6.04. The lowest BCUT2D eigenvalue weighted by Gasteiger charge is -2.12. The van der Waals surface area contributed by atoms with E-state index in [0.717, 1.165) is 35.4 Å². The zero-order chi connectivity index (χ0) is 13.7. The molecule has 0 aliphatic heterocycles. The summed E-state index contributed by atoms with van der Waals surface area (Å²) in [5.41, 5.74) is 0.880. The number of methoxy groups -OCH3 is 1. The minimum Gasteiger partial charge on any atom is -0.495 e. The van der Waals surface area contributed by atoms with E-state index in [1.807, 2.05) is 44.2 Å². The van der Waals surface area contributed by atoms with Gasteiger partial charge in [0.1, 0.15) is 23.2 Å². The van der Waals surface area contributed by atoms with Crippen LogP contribution in [0.1, 0.15) is 12.7 Å². The highest BCUT2D eigenvalue weighted by molar-refractivity contribution is 5.65. The molecule has 0 aliphatic rings. The number of nitrogens with one attached hydrogen (secondary N) is 2. The number of benzene rings is 1. The van der Waals surface area contributed by atoms with Gasteiger partial charge in [-0.2, -0.15) is 0 Å². The summed E-state index contributed by atoms with van der Waals surface area (Å²) in [6, 6.07) is 9.61. The number of rotatable bonds is 5. The maximum Gasteiger partial charge on any atom is 0.142 e. The van der Waals surface area contributed by atoms with Crippen LogP contribution in [0.2, 0.25) is 0 Å². The van der Waals surface area contributed by atoms with E-state index in [1.54, 1.807) is 7.11 Å². The summed E-state index contributed by atoms with van der Waals surface area (Å²) >= 11 is 0. The Labute approximate surface area is 113 Å². The summed E-state index contributed by atoms with van der Waals surface area (Å²) in [7, 11) is 1.65. The molecule has 0 spiro atoms. The van der Waals surface area contributed by atoms with E-state index >= 15 is 0 Å². The highest BCUT2D eigenvalue weighted by Crippen LogP contribution is 2.26. The molecule has 0 saturated heterocycles. The fraction of sp³-hybridized carbons (Fsp3) is 0.286. The molecule has 0 bridgehead atoms. The Balaban J connectivity index is 2.27. The first-order chi connectivity index (χ1) is 9.22. The first-order valence-electron chi connectivity index (χ1n) is 6.22. The van der Waals surface area contributed by atoms with Crippen molar-refractivity contribution >= 4 is 17.3 Å². The van der Waals surface area contributed by atoms with Crippen molar-refractivity contribution < 1.29 is 4.74 Å². The fourth-order valence-electron chi connectivity index (χ4n) is 1.79. The number of ether oxygens (including phenoxy) is 1. The van der Waals surface area contributed by atoms with Crippen LogP contribution in [0.25, 0.3) is 0 Å². The van der Waals surface area contributed by atoms with E-state index < -0.39 is 0 Å². The molecule has 1 heterocycles. The molecule has 2 N–H and O–H groups in total. The van der Waals surface area contributed by atoms with Crippen molar-refractivity contribution in [2.45, 2.75) is 13.8 Å². The van der Waals surface area contributed by atoms with Crippen molar-refractivity contribution in [2.24, 2.45) is 0 Å². The number of hydrogen-bond donors (Lipinski definition) is 2. The summed E-state index contributed by atoms with van der Waals surface area (Å²) in [4.78, 5) is 8.68. The Morgan fingerprint density at radius 3 is 2.63 bits per heavy atom. The van der Waals surface area contributed by atoms with Crippen molar-refractivity contribution in [1.29, 1.82) is 0 Å². The third-order valence-corrected chi connectivity index (χ3v) is 2.57. The largest absolute Gasteiger partial charge is 0.495 e. The van der Waals surface area contributed by atoms with Crippen LogP contribution in [0.15, 0.2) is 30.3 Å². The van der Waals surface area contributed by atoms with Gasteiger partial charge in [-0.3, -0.25) is 0 Å². The average molecular weight is 258 g/mol. The van der Waals surface area contributed by atoms with Crippen LogP contribution < -0.4 is 15.4 Å². The number of aromatic nitrogens is 2. The van der Waals surface area contributed by atoms with Crippen LogP contribution >= 0.6 is 0 Å². The van der Waals surface area contributed by atoms with E-state index in [9.17, 15) is 0 Å². The van der Waals surface area contributed by atoms with Gasteiger partial charge in [-0.05, 0) is 26.0 Å². The molecule has 5 heteroatoms. The Hall–Kier alpha value is -2.30.